The number of carbonyl (C=O) groups is 1. The van der Waals surface area contributed by atoms with Crippen LogP contribution in [0.3, 0.4) is 0 Å². The largest absolute Gasteiger partial charge is 0.493 e. The van der Waals surface area contributed by atoms with Crippen LogP contribution in [0.15, 0.2) is 30.3 Å². The number of benzene rings is 3. The molecule has 2 fully saturated rings. The zero-order chi connectivity index (χ0) is 21.8. The normalized spacial score (nSPS) is 20.6. The predicted molar refractivity (Wildman–Crippen MR) is 125 cm³/mol. The highest BCUT2D eigenvalue weighted by atomic mass is 16.5. The van der Waals surface area contributed by atoms with Gasteiger partial charge in [0.05, 0.1) is 20.1 Å². The number of piperidine rings is 1. The fraction of sp³-hybridized carbons (Fsp3) is 0.444. The second-order valence-electron chi connectivity index (χ2n) is 9.44. The van der Waals surface area contributed by atoms with Gasteiger partial charge >= 0.3 is 5.97 Å². The van der Waals surface area contributed by atoms with Gasteiger partial charge in [-0.15, -0.1) is 0 Å². The molecule has 1 atom stereocenters. The Hall–Kier alpha value is -2.79. The molecule has 3 aliphatic rings. The van der Waals surface area contributed by atoms with Gasteiger partial charge in [-0.2, -0.15) is 0 Å². The molecule has 1 saturated heterocycles. The van der Waals surface area contributed by atoms with Crippen LogP contribution in [0.1, 0.15) is 43.2 Å². The number of nitrogens with zero attached hydrogens (tertiary/aromatic N) is 1. The molecule has 166 valence electrons. The summed E-state index contributed by atoms with van der Waals surface area (Å²) in [4.78, 5) is 14.9. The lowest BCUT2D eigenvalue weighted by Crippen LogP contribution is -2.43. The average Bonchev–Trinajstić information content (AvgIpc) is 3.68. The van der Waals surface area contributed by atoms with Gasteiger partial charge in [-0.3, -0.25) is 9.69 Å². The van der Waals surface area contributed by atoms with Crippen molar-refractivity contribution in [2.24, 2.45) is 5.92 Å². The summed E-state index contributed by atoms with van der Waals surface area (Å²) in [7, 11) is 3.36. The lowest BCUT2D eigenvalue weighted by molar-refractivity contribution is -0.135. The molecule has 1 aliphatic carbocycles. The molecule has 0 radical (unpaired) electrons. The van der Waals surface area contributed by atoms with Crippen LogP contribution in [0.2, 0.25) is 0 Å². The molecule has 3 aromatic carbocycles. The third-order valence-corrected chi connectivity index (χ3v) is 7.50. The summed E-state index contributed by atoms with van der Waals surface area (Å²) in [5.74, 6) is 2.06. The summed E-state index contributed by atoms with van der Waals surface area (Å²) in [6.45, 7) is 2.15. The maximum atomic E-state index is 12.3. The highest BCUT2D eigenvalue weighted by molar-refractivity contribution is 6.12. The van der Waals surface area contributed by atoms with Crippen LogP contribution in [0.4, 0.5) is 0 Å². The Morgan fingerprint density at radius 1 is 0.875 bits per heavy atom. The SMILES string of the molecule is COc1cc2c3c(c4ccc(OC(=O)C5CC5)cc4c2cc1OC)CN1CCCCC1C3. The monoisotopic (exact) mass is 431 g/mol. The Labute approximate surface area is 188 Å². The summed E-state index contributed by atoms with van der Waals surface area (Å²) in [5.41, 5.74) is 2.83. The molecule has 1 unspecified atom stereocenters. The molecule has 3 aromatic rings. The van der Waals surface area contributed by atoms with Crippen LogP contribution in [-0.2, 0) is 17.8 Å². The number of ether oxygens (including phenoxy) is 3. The Bertz CT molecular complexity index is 1230. The van der Waals surface area contributed by atoms with E-state index < -0.39 is 0 Å². The lowest BCUT2D eigenvalue weighted by atomic mass is 9.82. The highest BCUT2D eigenvalue weighted by Gasteiger charge is 2.33. The molecule has 0 N–H and O–H groups in total. The molecule has 1 saturated carbocycles. The smallest absolute Gasteiger partial charge is 0.314 e. The third-order valence-electron chi connectivity index (χ3n) is 7.50. The van der Waals surface area contributed by atoms with E-state index in [2.05, 4.69) is 23.1 Å². The Kier molecular flexibility index (Phi) is 4.76. The van der Waals surface area contributed by atoms with E-state index in [4.69, 9.17) is 14.2 Å². The van der Waals surface area contributed by atoms with Crippen molar-refractivity contribution in [1.29, 1.82) is 0 Å². The van der Waals surface area contributed by atoms with Crippen LogP contribution in [0.5, 0.6) is 17.2 Å². The summed E-state index contributed by atoms with van der Waals surface area (Å²) < 4.78 is 17.0. The Morgan fingerprint density at radius 3 is 2.38 bits per heavy atom. The van der Waals surface area contributed by atoms with Gasteiger partial charge in [0, 0.05) is 12.6 Å². The Balaban J connectivity index is 1.58. The van der Waals surface area contributed by atoms with Crippen LogP contribution in [0, 0.1) is 5.92 Å². The third kappa shape index (κ3) is 3.22. The van der Waals surface area contributed by atoms with Crippen molar-refractivity contribution in [3.8, 4) is 17.2 Å². The van der Waals surface area contributed by atoms with Crippen LogP contribution in [0.25, 0.3) is 21.5 Å². The van der Waals surface area contributed by atoms with E-state index >= 15 is 0 Å². The lowest BCUT2D eigenvalue weighted by Gasteiger charge is -2.41. The van der Waals surface area contributed by atoms with E-state index in [1.54, 1.807) is 14.2 Å². The quantitative estimate of drug-likeness (QED) is 0.321. The molecule has 0 bridgehead atoms. The van der Waals surface area contributed by atoms with Crippen LogP contribution < -0.4 is 14.2 Å². The minimum atomic E-state index is -0.109. The first-order chi connectivity index (χ1) is 15.7. The van der Waals surface area contributed by atoms with E-state index in [-0.39, 0.29) is 11.9 Å². The van der Waals surface area contributed by atoms with Crippen molar-refractivity contribution in [2.75, 3.05) is 20.8 Å². The molecule has 0 spiro atoms. The van der Waals surface area contributed by atoms with Gasteiger partial charge in [0.1, 0.15) is 5.75 Å². The van der Waals surface area contributed by atoms with Crippen molar-refractivity contribution in [2.45, 2.75) is 51.1 Å². The highest BCUT2D eigenvalue weighted by Crippen LogP contribution is 2.44. The number of esters is 1. The first kappa shape index (κ1) is 19.9. The molecule has 32 heavy (non-hydrogen) atoms. The standard InChI is InChI=1S/C27H29NO4/c1-30-25-13-22-20-11-17-5-3-4-10-28(17)15-24(20)19-9-8-18(32-27(29)16-6-7-16)12-21(19)23(22)14-26(25)31-2/h8-9,12-14,16-17H,3-7,10-11,15H2,1-2H3. The number of hydrogen-bond donors (Lipinski definition) is 0. The van der Waals surface area contributed by atoms with E-state index in [0.717, 1.165) is 48.1 Å². The zero-order valence-corrected chi connectivity index (χ0v) is 18.8. The van der Waals surface area contributed by atoms with Gasteiger partial charge in [0.15, 0.2) is 11.5 Å². The average molecular weight is 432 g/mol. The van der Waals surface area contributed by atoms with Gasteiger partial charge in [0.2, 0.25) is 0 Å². The van der Waals surface area contributed by atoms with Crippen molar-refractivity contribution in [3.63, 3.8) is 0 Å². The van der Waals surface area contributed by atoms with Crippen LogP contribution in [-0.4, -0.2) is 37.7 Å². The topological polar surface area (TPSA) is 48.0 Å². The summed E-state index contributed by atoms with van der Waals surface area (Å²) in [6.07, 6.45) is 6.81. The number of carbonyl (C=O) groups excluding carboxylic acids is 1. The van der Waals surface area contributed by atoms with Crippen molar-refractivity contribution < 1.29 is 19.0 Å². The fourth-order valence-electron chi connectivity index (χ4n) is 5.62. The van der Waals surface area contributed by atoms with E-state index in [9.17, 15) is 4.79 Å². The molecular weight excluding hydrogens is 402 g/mol. The Morgan fingerprint density at radius 2 is 1.62 bits per heavy atom. The van der Waals surface area contributed by atoms with Crippen LogP contribution >= 0.6 is 0 Å². The van der Waals surface area contributed by atoms with Gasteiger partial charge in [-0.05, 0) is 95.6 Å². The van der Waals surface area contributed by atoms with Crippen molar-refractivity contribution in [3.05, 3.63) is 41.5 Å². The number of rotatable bonds is 4. The molecule has 5 nitrogen and oxygen atoms in total. The van der Waals surface area contributed by atoms with E-state index in [1.807, 2.05) is 12.1 Å². The number of fused-ring (bicyclic) bond motifs is 7. The molecule has 5 heteroatoms. The predicted octanol–water partition coefficient (Wildman–Crippen LogP) is 5.24. The zero-order valence-electron chi connectivity index (χ0n) is 18.8. The molecule has 6 rings (SSSR count). The first-order valence-electron chi connectivity index (χ1n) is 11.7. The molecule has 0 amide bonds. The van der Waals surface area contributed by atoms with Gasteiger partial charge < -0.3 is 14.2 Å². The van der Waals surface area contributed by atoms with E-state index in [1.165, 1.54) is 47.7 Å². The first-order valence-corrected chi connectivity index (χ1v) is 11.7. The minimum Gasteiger partial charge on any atom is -0.493 e. The summed E-state index contributed by atoms with van der Waals surface area (Å²) in [6, 6.07) is 11.0. The van der Waals surface area contributed by atoms with Gasteiger partial charge in [-0.25, -0.2) is 0 Å². The molecule has 0 aromatic heterocycles. The van der Waals surface area contributed by atoms with Gasteiger partial charge in [-0.1, -0.05) is 12.5 Å². The van der Waals surface area contributed by atoms with Crippen molar-refractivity contribution in [1.82, 2.24) is 4.90 Å². The molecular formula is C27H29NO4. The van der Waals surface area contributed by atoms with E-state index in [0.29, 0.717) is 11.8 Å². The second-order valence-corrected chi connectivity index (χ2v) is 9.44. The maximum absolute atomic E-state index is 12.3. The summed E-state index contributed by atoms with van der Waals surface area (Å²) in [5, 5.41) is 4.71. The van der Waals surface area contributed by atoms with Crippen molar-refractivity contribution >= 4 is 27.5 Å². The second kappa shape index (κ2) is 7.66. The summed E-state index contributed by atoms with van der Waals surface area (Å²) >= 11 is 0. The molecule has 2 heterocycles. The maximum Gasteiger partial charge on any atom is 0.314 e. The number of hydrogen-bond acceptors (Lipinski definition) is 5. The minimum absolute atomic E-state index is 0.0753. The number of methoxy groups -OCH3 is 2. The molecule has 2 aliphatic heterocycles. The fourth-order valence-corrected chi connectivity index (χ4v) is 5.62. The van der Waals surface area contributed by atoms with Gasteiger partial charge in [0.25, 0.3) is 0 Å².